The highest BCUT2D eigenvalue weighted by atomic mass is 19.1. The molecule has 0 radical (unpaired) electrons. The maximum Gasteiger partial charge on any atom is 0.283 e. The molecule has 0 fully saturated rings. The van der Waals surface area contributed by atoms with Crippen molar-refractivity contribution in [3.63, 3.8) is 0 Å². The first-order chi connectivity index (χ1) is 14.7. The Balaban J connectivity index is 1.61. The van der Waals surface area contributed by atoms with Gasteiger partial charge in [0.1, 0.15) is 24.0 Å². The molecule has 0 amide bonds. The number of fused-ring (bicyclic) bond motifs is 2. The summed E-state index contributed by atoms with van der Waals surface area (Å²) < 4.78 is 26.1. The van der Waals surface area contributed by atoms with E-state index in [9.17, 15) is 9.50 Å². The summed E-state index contributed by atoms with van der Waals surface area (Å²) in [4.78, 5) is 10.5. The zero-order valence-electron chi connectivity index (χ0n) is 18.1. The molecule has 0 bridgehead atoms. The summed E-state index contributed by atoms with van der Waals surface area (Å²) in [6.45, 7) is 5.24. The summed E-state index contributed by atoms with van der Waals surface area (Å²) in [5, 5.41) is 10.0. The number of amidine groups is 1. The smallest absolute Gasteiger partial charge is 0.283 e. The number of aliphatic imine (C=N–C) groups is 1. The van der Waals surface area contributed by atoms with Gasteiger partial charge in [0.25, 0.3) is 6.02 Å². The molecule has 2 aliphatic rings. The first kappa shape index (κ1) is 21.5. The van der Waals surface area contributed by atoms with Gasteiger partial charge in [-0.15, -0.1) is 0 Å². The number of rotatable bonds is 6. The van der Waals surface area contributed by atoms with Gasteiger partial charge >= 0.3 is 0 Å². The SMILES string of the molecule is CN(CC[C@H]1CC2(COC(N)=N2)c2cc(-c3cccnc3F)ccc2O1)CC(C)(C)O. The zero-order chi connectivity index (χ0) is 22.2. The minimum Gasteiger partial charge on any atom is -0.490 e. The first-order valence-corrected chi connectivity index (χ1v) is 10.5. The first-order valence-electron chi connectivity index (χ1n) is 10.5. The van der Waals surface area contributed by atoms with E-state index in [2.05, 4.69) is 14.9 Å². The Kier molecular flexibility index (Phi) is 5.61. The van der Waals surface area contributed by atoms with Crippen molar-refractivity contribution in [1.29, 1.82) is 0 Å². The Morgan fingerprint density at radius 2 is 2.16 bits per heavy atom. The molecule has 31 heavy (non-hydrogen) atoms. The fourth-order valence-corrected chi connectivity index (χ4v) is 4.45. The summed E-state index contributed by atoms with van der Waals surface area (Å²) in [5.41, 5.74) is 6.44. The van der Waals surface area contributed by atoms with Crippen molar-refractivity contribution >= 4 is 6.02 Å². The Hall–Kier alpha value is -2.71. The normalized spacial score (nSPS) is 22.8. The Morgan fingerprint density at radius 3 is 2.84 bits per heavy atom. The lowest BCUT2D eigenvalue weighted by atomic mass is 9.81. The van der Waals surface area contributed by atoms with Gasteiger partial charge in [0.15, 0.2) is 0 Å². The van der Waals surface area contributed by atoms with Crippen molar-refractivity contribution in [2.24, 2.45) is 10.7 Å². The molecule has 1 unspecified atom stereocenters. The number of ether oxygens (including phenoxy) is 2. The largest absolute Gasteiger partial charge is 0.490 e. The lowest BCUT2D eigenvalue weighted by Crippen LogP contribution is -2.41. The van der Waals surface area contributed by atoms with Crippen molar-refractivity contribution in [1.82, 2.24) is 9.88 Å². The monoisotopic (exact) mass is 428 g/mol. The highest BCUT2D eigenvalue weighted by molar-refractivity contribution is 5.75. The van der Waals surface area contributed by atoms with Crippen LogP contribution in [0.4, 0.5) is 4.39 Å². The van der Waals surface area contributed by atoms with E-state index in [0.717, 1.165) is 18.5 Å². The van der Waals surface area contributed by atoms with Gasteiger partial charge in [-0.25, -0.2) is 9.98 Å². The van der Waals surface area contributed by atoms with Crippen molar-refractivity contribution < 1.29 is 19.0 Å². The van der Waals surface area contributed by atoms with Gasteiger partial charge in [0, 0.05) is 36.8 Å². The molecule has 3 heterocycles. The molecule has 0 saturated carbocycles. The standard InChI is InChI=1S/C23H29FN4O3/c1-22(2,29)13-28(3)10-8-16-12-23(14-30-21(25)27-23)18-11-15(6-7-19(18)31-16)17-5-4-9-26-20(17)24/h4-7,9,11,16,29H,8,10,12-14H2,1-3H3,(H2,25,27)/t16-,23?/m0/s1. The highest BCUT2D eigenvalue weighted by Gasteiger charge is 2.46. The van der Waals surface area contributed by atoms with E-state index in [1.54, 1.807) is 26.0 Å². The quantitative estimate of drug-likeness (QED) is 0.687. The average Bonchev–Trinajstić information content (AvgIpc) is 3.06. The zero-order valence-corrected chi connectivity index (χ0v) is 18.1. The molecule has 8 heteroatoms. The number of aliphatic hydroxyl groups is 1. The number of likely N-dealkylation sites (N-methyl/N-ethyl adjacent to an activating group) is 1. The molecule has 1 aromatic carbocycles. The van der Waals surface area contributed by atoms with Crippen LogP contribution in [0, 0.1) is 5.95 Å². The molecule has 4 rings (SSSR count). The summed E-state index contributed by atoms with van der Waals surface area (Å²) >= 11 is 0. The molecule has 0 saturated heterocycles. The number of nitrogens with zero attached hydrogens (tertiary/aromatic N) is 3. The second-order valence-electron chi connectivity index (χ2n) is 9.11. The lowest BCUT2D eigenvalue weighted by Gasteiger charge is -2.37. The summed E-state index contributed by atoms with van der Waals surface area (Å²) in [7, 11) is 1.98. The maximum atomic E-state index is 14.3. The van der Waals surface area contributed by atoms with E-state index >= 15 is 0 Å². The van der Waals surface area contributed by atoms with Gasteiger partial charge in [-0.3, -0.25) is 0 Å². The Labute approximate surface area is 181 Å². The van der Waals surface area contributed by atoms with Crippen molar-refractivity contribution in [2.75, 3.05) is 26.7 Å². The third kappa shape index (κ3) is 4.65. The number of halogens is 1. The van der Waals surface area contributed by atoms with Crippen LogP contribution in [-0.2, 0) is 10.3 Å². The van der Waals surface area contributed by atoms with Crippen LogP contribution in [-0.4, -0.2) is 59.5 Å². The maximum absolute atomic E-state index is 14.3. The predicted octanol–water partition coefficient (Wildman–Crippen LogP) is 2.67. The molecule has 2 atom stereocenters. The van der Waals surface area contributed by atoms with Crippen LogP contribution in [0.3, 0.4) is 0 Å². The van der Waals surface area contributed by atoms with Gasteiger partial charge in [-0.2, -0.15) is 4.39 Å². The second-order valence-corrected chi connectivity index (χ2v) is 9.11. The highest BCUT2D eigenvalue weighted by Crippen LogP contribution is 2.46. The van der Waals surface area contributed by atoms with Crippen molar-refractivity contribution in [2.45, 2.75) is 43.9 Å². The minimum atomic E-state index is -0.758. The number of benzene rings is 1. The number of nitrogens with two attached hydrogens (primary N) is 1. The molecular weight excluding hydrogens is 399 g/mol. The van der Waals surface area contributed by atoms with Crippen molar-refractivity contribution in [3.8, 4) is 16.9 Å². The number of aromatic nitrogens is 1. The van der Waals surface area contributed by atoms with Crippen molar-refractivity contribution in [3.05, 3.63) is 48.0 Å². The summed E-state index contributed by atoms with van der Waals surface area (Å²) in [6.07, 6.45) is 2.71. The van der Waals surface area contributed by atoms with E-state index in [-0.39, 0.29) is 12.1 Å². The fraction of sp³-hybridized carbons (Fsp3) is 0.478. The van der Waals surface area contributed by atoms with Gasteiger partial charge in [-0.1, -0.05) is 6.07 Å². The van der Waals surface area contributed by atoms with Gasteiger partial charge < -0.3 is 25.2 Å². The second kappa shape index (κ2) is 8.09. The van der Waals surface area contributed by atoms with E-state index < -0.39 is 17.1 Å². The molecule has 1 spiro atoms. The number of hydrogen-bond acceptors (Lipinski definition) is 7. The molecule has 166 valence electrons. The van der Waals surface area contributed by atoms with Crippen LogP contribution in [0.25, 0.3) is 11.1 Å². The minimum absolute atomic E-state index is 0.0871. The summed E-state index contributed by atoms with van der Waals surface area (Å²) in [5.74, 6) is 0.183. The fourth-order valence-electron chi connectivity index (χ4n) is 4.45. The molecular formula is C23H29FN4O3. The Morgan fingerprint density at radius 1 is 1.35 bits per heavy atom. The number of hydrogen-bond donors (Lipinski definition) is 2. The Bertz CT molecular complexity index is 991. The van der Waals surface area contributed by atoms with Crippen LogP contribution in [0.1, 0.15) is 32.3 Å². The van der Waals surface area contributed by atoms with Gasteiger partial charge in [-0.05, 0) is 57.1 Å². The van der Waals surface area contributed by atoms with E-state index in [1.807, 2.05) is 25.2 Å². The number of pyridine rings is 1. The lowest BCUT2D eigenvalue weighted by molar-refractivity contribution is 0.0365. The van der Waals surface area contributed by atoms with Crippen LogP contribution in [0.15, 0.2) is 41.5 Å². The average molecular weight is 429 g/mol. The van der Waals surface area contributed by atoms with Crippen LogP contribution in [0.2, 0.25) is 0 Å². The molecule has 2 aromatic rings. The van der Waals surface area contributed by atoms with Crippen LogP contribution >= 0.6 is 0 Å². The van der Waals surface area contributed by atoms with Gasteiger partial charge in [0.2, 0.25) is 5.95 Å². The summed E-state index contributed by atoms with van der Waals surface area (Å²) in [6, 6.07) is 9.15. The van der Waals surface area contributed by atoms with E-state index in [4.69, 9.17) is 15.2 Å². The molecule has 2 aliphatic heterocycles. The van der Waals surface area contributed by atoms with Gasteiger partial charge in [0.05, 0.1) is 5.60 Å². The predicted molar refractivity (Wildman–Crippen MR) is 116 cm³/mol. The van der Waals surface area contributed by atoms with E-state index in [1.165, 1.54) is 6.20 Å². The molecule has 0 aliphatic carbocycles. The third-order valence-corrected chi connectivity index (χ3v) is 5.68. The third-order valence-electron chi connectivity index (χ3n) is 5.68. The topological polar surface area (TPSA) is 93.2 Å². The molecule has 1 aromatic heterocycles. The van der Waals surface area contributed by atoms with Crippen LogP contribution in [0.5, 0.6) is 5.75 Å². The molecule has 3 N–H and O–H groups in total. The molecule has 7 nitrogen and oxygen atoms in total. The van der Waals surface area contributed by atoms with Crippen LogP contribution < -0.4 is 10.5 Å². The van der Waals surface area contributed by atoms with E-state index in [0.29, 0.717) is 36.4 Å².